The number of carbonyl (C=O) groups excluding carboxylic acids is 2. The molecule has 146 valence electrons. The van der Waals surface area contributed by atoms with Gasteiger partial charge in [-0.1, -0.05) is 12.8 Å². The predicted molar refractivity (Wildman–Crippen MR) is 98.3 cm³/mol. The fourth-order valence-corrected chi connectivity index (χ4v) is 2.63. The van der Waals surface area contributed by atoms with E-state index in [-0.39, 0.29) is 0 Å². The van der Waals surface area contributed by atoms with Crippen LogP contribution in [0, 0.1) is 0 Å². The van der Waals surface area contributed by atoms with E-state index in [9.17, 15) is 9.59 Å². The highest BCUT2D eigenvalue weighted by Gasteiger charge is 2.37. The van der Waals surface area contributed by atoms with Crippen LogP contribution in [0.25, 0.3) is 0 Å². The first-order valence-corrected chi connectivity index (χ1v) is 8.63. The van der Waals surface area contributed by atoms with Crippen LogP contribution in [0.2, 0.25) is 0 Å². The van der Waals surface area contributed by atoms with E-state index >= 15 is 0 Å². The van der Waals surface area contributed by atoms with Crippen molar-refractivity contribution in [3.05, 3.63) is 0 Å². The molecule has 0 heterocycles. The zero-order valence-electron chi connectivity index (χ0n) is 16.4. The summed E-state index contributed by atoms with van der Waals surface area (Å²) in [6.45, 7) is 12.4. The Morgan fingerprint density at radius 3 is 1.88 bits per heavy atom. The highest BCUT2D eigenvalue weighted by molar-refractivity contribution is 5.89. The Labute approximate surface area is 150 Å². The van der Waals surface area contributed by atoms with Crippen LogP contribution in [0.3, 0.4) is 0 Å². The van der Waals surface area contributed by atoms with E-state index in [1.54, 1.807) is 4.90 Å². The number of hydrogen-bond donors (Lipinski definition) is 2. The van der Waals surface area contributed by atoms with Gasteiger partial charge in [-0.2, -0.15) is 0 Å². The number of carbonyl (C=O) groups is 2. The van der Waals surface area contributed by atoms with Crippen molar-refractivity contribution in [1.29, 1.82) is 0 Å². The van der Waals surface area contributed by atoms with Gasteiger partial charge < -0.3 is 20.9 Å². The van der Waals surface area contributed by atoms with Crippen molar-refractivity contribution in [2.75, 3.05) is 13.1 Å². The Hall–Kier alpha value is -1.83. The summed E-state index contributed by atoms with van der Waals surface area (Å²) in [5.74, 6) is 0. The lowest BCUT2D eigenvalue weighted by molar-refractivity contribution is 0.0387. The molecule has 0 unspecified atom stereocenters. The van der Waals surface area contributed by atoms with Gasteiger partial charge in [-0.15, -0.1) is 0 Å². The zero-order valence-corrected chi connectivity index (χ0v) is 16.4. The third-order valence-corrected chi connectivity index (χ3v) is 3.24. The Balaban J connectivity index is 4.99. The van der Waals surface area contributed by atoms with E-state index in [1.807, 2.05) is 41.5 Å². The lowest BCUT2D eigenvalue weighted by Gasteiger charge is -2.43. The molecular formula is C17H34N4O4. The molecule has 0 saturated carbocycles. The molecule has 0 rings (SSSR count). The Bertz CT molecular complexity index is 450. The summed E-state index contributed by atoms with van der Waals surface area (Å²) < 4.78 is 9.92. The molecule has 8 nitrogen and oxygen atoms in total. The lowest BCUT2D eigenvalue weighted by Crippen LogP contribution is -2.56. The van der Waals surface area contributed by atoms with Crippen LogP contribution in [0.4, 0.5) is 9.59 Å². The zero-order chi connectivity index (χ0) is 19.7. The SMILES string of the molecule is CC(C)(C)N(C(=O)OC(=NCCCCCCN)OC(N)=O)C(C)(C)C. The maximum Gasteiger partial charge on any atom is 0.419 e. The molecule has 0 aromatic heterocycles. The van der Waals surface area contributed by atoms with Gasteiger partial charge in [0, 0.05) is 17.6 Å². The topological polar surface area (TPSA) is 120 Å². The van der Waals surface area contributed by atoms with Crippen LogP contribution in [-0.4, -0.2) is 47.3 Å². The highest BCUT2D eigenvalue weighted by Crippen LogP contribution is 2.25. The number of nitrogens with two attached hydrogens (primary N) is 2. The summed E-state index contributed by atoms with van der Waals surface area (Å²) in [4.78, 5) is 29.2. The van der Waals surface area contributed by atoms with E-state index in [0.717, 1.165) is 25.7 Å². The van der Waals surface area contributed by atoms with Crippen molar-refractivity contribution in [3.8, 4) is 0 Å². The van der Waals surface area contributed by atoms with Crippen LogP contribution in [0.1, 0.15) is 67.2 Å². The van der Waals surface area contributed by atoms with Gasteiger partial charge in [0.25, 0.3) is 0 Å². The minimum atomic E-state index is -1.08. The standard InChI is InChI=1S/C17H34N4O4/c1-16(2,3)21(17(4,5)6)15(23)25-14(24-13(19)22)20-12-10-8-7-9-11-18/h7-12,18H2,1-6H3,(H2,19,22). The fourth-order valence-electron chi connectivity index (χ4n) is 2.63. The van der Waals surface area contributed by atoms with Crippen molar-refractivity contribution < 1.29 is 19.1 Å². The third kappa shape index (κ3) is 9.91. The van der Waals surface area contributed by atoms with Gasteiger partial charge in [0.1, 0.15) is 0 Å². The Morgan fingerprint density at radius 2 is 1.44 bits per heavy atom. The monoisotopic (exact) mass is 358 g/mol. The lowest BCUT2D eigenvalue weighted by atomic mass is 9.97. The van der Waals surface area contributed by atoms with Gasteiger partial charge in [0.05, 0.1) is 0 Å². The van der Waals surface area contributed by atoms with E-state index in [4.69, 9.17) is 20.9 Å². The molecule has 0 radical (unpaired) electrons. The maximum atomic E-state index is 12.6. The summed E-state index contributed by atoms with van der Waals surface area (Å²) in [7, 11) is 0. The molecule has 0 saturated heterocycles. The molecule has 0 aliphatic rings. The third-order valence-electron chi connectivity index (χ3n) is 3.24. The summed E-state index contributed by atoms with van der Waals surface area (Å²) >= 11 is 0. The summed E-state index contributed by atoms with van der Waals surface area (Å²) in [6, 6.07) is 0. The first-order valence-electron chi connectivity index (χ1n) is 8.63. The average molecular weight is 358 g/mol. The molecule has 0 bridgehead atoms. The number of rotatable bonds is 6. The van der Waals surface area contributed by atoms with Crippen LogP contribution in [0.5, 0.6) is 0 Å². The number of hydrogen-bond acceptors (Lipinski definition) is 6. The molecule has 8 heteroatoms. The first kappa shape index (κ1) is 23.2. The van der Waals surface area contributed by atoms with E-state index in [1.165, 1.54) is 0 Å². The Morgan fingerprint density at radius 1 is 0.920 bits per heavy atom. The molecule has 0 aromatic rings. The van der Waals surface area contributed by atoms with Crippen LogP contribution >= 0.6 is 0 Å². The highest BCUT2D eigenvalue weighted by atomic mass is 16.7. The van der Waals surface area contributed by atoms with Crippen molar-refractivity contribution in [1.82, 2.24) is 4.90 Å². The summed E-state index contributed by atoms with van der Waals surface area (Å²) in [5, 5.41) is 0. The van der Waals surface area contributed by atoms with E-state index in [0.29, 0.717) is 13.1 Å². The minimum absolute atomic E-state index is 0.367. The van der Waals surface area contributed by atoms with Crippen molar-refractivity contribution in [2.45, 2.75) is 78.3 Å². The number of unbranched alkanes of at least 4 members (excludes halogenated alkanes) is 3. The number of primary amides is 1. The maximum absolute atomic E-state index is 12.6. The van der Waals surface area contributed by atoms with Gasteiger partial charge in [-0.05, 0) is 60.9 Å². The molecule has 4 N–H and O–H groups in total. The van der Waals surface area contributed by atoms with Crippen molar-refractivity contribution in [2.24, 2.45) is 16.5 Å². The van der Waals surface area contributed by atoms with E-state index < -0.39 is 29.3 Å². The van der Waals surface area contributed by atoms with Gasteiger partial charge in [-0.25, -0.2) is 14.6 Å². The molecule has 0 aromatic carbocycles. The molecule has 0 fully saturated rings. The second kappa shape index (κ2) is 10.2. The van der Waals surface area contributed by atoms with Crippen LogP contribution in [-0.2, 0) is 9.47 Å². The molecular weight excluding hydrogens is 324 g/mol. The fraction of sp³-hybridized carbons (Fsp3) is 0.824. The summed E-state index contributed by atoms with van der Waals surface area (Å²) in [5.41, 5.74) is 9.48. The molecule has 2 amide bonds. The van der Waals surface area contributed by atoms with Crippen molar-refractivity contribution >= 4 is 18.3 Å². The second-order valence-electron chi connectivity index (χ2n) is 7.82. The Kier molecular flexibility index (Phi) is 9.48. The molecule has 0 aliphatic heterocycles. The molecule has 0 atom stereocenters. The van der Waals surface area contributed by atoms with E-state index in [2.05, 4.69) is 4.99 Å². The van der Waals surface area contributed by atoms with Gasteiger partial charge >= 0.3 is 18.3 Å². The average Bonchev–Trinajstić information content (AvgIpc) is 2.38. The number of ether oxygens (including phenoxy) is 2. The predicted octanol–water partition coefficient (Wildman–Crippen LogP) is 2.99. The second-order valence-corrected chi connectivity index (χ2v) is 7.82. The summed E-state index contributed by atoms with van der Waals surface area (Å²) in [6.07, 6.45) is 1.51. The number of nitrogens with zero attached hydrogens (tertiary/aromatic N) is 2. The van der Waals surface area contributed by atoms with Gasteiger partial charge in [0.2, 0.25) is 0 Å². The molecule has 0 spiro atoms. The first-order chi connectivity index (χ1) is 11.4. The van der Waals surface area contributed by atoms with Gasteiger partial charge in [0.15, 0.2) is 0 Å². The number of aliphatic imine (C=N–C) groups is 1. The minimum Gasteiger partial charge on any atom is -0.360 e. The van der Waals surface area contributed by atoms with Crippen LogP contribution < -0.4 is 11.5 Å². The van der Waals surface area contributed by atoms with Gasteiger partial charge in [-0.3, -0.25) is 4.90 Å². The quantitative estimate of drug-likeness (QED) is 0.429. The van der Waals surface area contributed by atoms with Crippen LogP contribution in [0.15, 0.2) is 4.99 Å². The molecule has 0 aliphatic carbocycles. The largest absolute Gasteiger partial charge is 0.419 e. The molecule has 25 heavy (non-hydrogen) atoms. The smallest absolute Gasteiger partial charge is 0.360 e. The number of amides is 2. The normalized spacial score (nSPS) is 12.7. The van der Waals surface area contributed by atoms with Crippen molar-refractivity contribution in [3.63, 3.8) is 0 Å².